The predicted octanol–water partition coefficient (Wildman–Crippen LogP) is 5.76. The molecule has 0 fully saturated rings. The summed E-state index contributed by atoms with van der Waals surface area (Å²) < 4.78 is 5.38. The van der Waals surface area contributed by atoms with Crippen molar-refractivity contribution in [1.29, 1.82) is 0 Å². The molecule has 3 nitrogen and oxygen atoms in total. The molecule has 0 amide bonds. The largest absolute Gasteiger partial charge is 0.461 e. The second-order valence-corrected chi connectivity index (χ2v) is 8.18. The fourth-order valence-corrected chi connectivity index (χ4v) is 3.31. The van der Waals surface area contributed by atoms with Crippen LogP contribution in [0.2, 0.25) is 5.02 Å². The Morgan fingerprint density at radius 2 is 2.09 bits per heavy atom. The number of nitrogens with zero attached hydrogens (tertiary/aromatic N) is 1. The van der Waals surface area contributed by atoms with E-state index in [-0.39, 0.29) is 11.4 Å². The van der Waals surface area contributed by atoms with Gasteiger partial charge in [-0.1, -0.05) is 44.5 Å². The summed E-state index contributed by atoms with van der Waals surface area (Å²) in [6, 6.07) is 7.47. The molecule has 0 saturated carbocycles. The molecule has 2 rings (SSSR count). The summed E-state index contributed by atoms with van der Waals surface area (Å²) in [6.45, 7) is 8.81. The molecule has 0 aliphatic rings. The summed E-state index contributed by atoms with van der Waals surface area (Å²) in [5, 5.41) is 1.44. The standard InChI is InChI=1S/C18H22ClNO2S/c1-12-15(17(21)22-10-6-9-18(2,3)4)23-16(20-12)13-7-5-8-14(19)11-13/h5,7-8,11H,6,9-10H2,1-4H3. The first-order valence-corrected chi connectivity index (χ1v) is 8.86. The van der Waals surface area contributed by atoms with Crippen LogP contribution in [0.1, 0.15) is 49.0 Å². The van der Waals surface area contributed by atoms with Crippen molar-refractivity contribution in [1.82, 2.24) is 4.98 Å². The zero-order valence-electron chi connectivity index (χ0n) is 14.0. The maximum atomic E-state index is 12.2. The normalized spacial score (nSPS) is 11.5. The Morgan fingerprint density at radius 1 is 1.35 bits per heavy atom. The number of ether oxygens (including phenoxy) is 1. The van der Waals surface area contributed by atoms with Crippen molar-refractivity contribution in [2.75, 3.05) is 6.61 Å². The quantitative estimate of drug-likeness (QED) is 0.508. The lowest BCUT2D eigenvalue weighted by Crippen LogP contribution is -2.10. The predicted molar refractivity (Wildman–Crippen MR) is 96.3 cm³/mol. The second kappa shape index (κ2) is 7.45. The van der Waals surface area contributed by atoms with E-state index in [0.717, 1.165) is 23.4 Å². The minimum absolute atomic E-state index is 0.257. The van der Waals surface area contributed by atoms with Crippen LogP contribution in [0.4, 0.5) is 0 Å². The van der Waals surface area contributed by atoms with Crippen molar-refractivity contribution in [2.24, 2.45) is 5.41 Å². The number of aromatic nitrogens is 1. The Labute approximate surface area is 146 Å². The van der Waals surface area contributed by atoms with Gasteiger partial charge in [-0.15, -0.1) is 11.3 Å². The van der Waals surface area contributed by atoms with Crippen LogP contribution in [0.25, 0.3) is 10.6 Å². The molecule has 1 aromatic heterocycles. The molecule has 0 unspecified atom stereocenters. The number of aryl methyl sites for hydroxylation is 1. The number of rotatable bonds is 5. The average molecular weight is 352 g/mol. The topological polar surface area (TPSA) is 39.2 Å². The lowest BCUT2D eigenvalue weighted by molar-refractivity contribution is 0.0492. The number of hydrogen-bond acceptors (Lipinski definition) is 4. The van der Waals surface area contributed by atoms with Crippen LogP contribution >= 0.6 is 22.9 Å². The lowest BCUT2D eigenvalue weighted by Gasteiger charge is -2.17. The smallest absolute Gasteiger partial charge is 0.350 e. The van der Waals surface area contributed by atoms with Crippen molar-refractivity contribution in [3.05, 3.63) is 39.9 Å². The maximum Gasteiger partial charge on any atom is 0.350 e. The number of benzene rings is 1. The minimum Gasteiger partial charge on any atom is -0.461 e. The first kappa shape index (κ1) is 18.0. The van der Waals surface area contributed by atoms with Gasteiger partial charge in [-0.05, 0) is 37.3 Å². The molecular formula is C18H22ClNO2S. The van der Waals surface area contributed by atoms with Gasteiger partial charge in [0.1, 0.15) is 9.88 Å². The van der Waals surface area contributed by atoms with Crippen molar-refractivity contribution in [2.45, 2.75) is 40.5 Å². The number of carbonyl (C=O) groups excluding carboxylic acids is 1. The van der Waals surface area contributed by atoms with Crippen LogP contribution in [-0.2, 0) is 4.74 Å². The van der Waals surface area contributed by atoms with E-state index in [1.54, 1.807) is 0 Å². The van der Waals surface area contributed by atoms with Gasteiger partial charge in [0.05, 0.1) is 12.3 Å². The maximum absolute atomic E-state index is 12.2. The van der Waals surface area contributed by atoms with Gasteiger partial charge in [0.2, 0.25) is 0 Å². The molecule has 0 aliphatic heterocycles. The van der Waals surface area contributed by atoms with Crippen molar-refractivity contribution < 1.29 is 9.53 Å². The van der Waals surface area contributed by atoms with E-state index in [1.165, 1.54) is 11.3 Å². The Kier molecular flexibility index (Phi) is 5.82. The summed E-state index contributed by atoms with van der Waals surface area (Å²) in [4.78, 5) is 17.3. The monoisotopic (exact) mass is 351 g/mol. The van der Waals surface area contributed by atoms with E-state index >= 15 is 0 Å². The highest BCUT2D eigenvalue weighted by molar-refractivity contribution is 7.17. The zero-order chi connectivity index (χ0) is 17.0. The molecule has 0 bridgehead atoms. The van der Waals surface area contributed by atoms with Gasteiger partial charge >= 0.3 is 5.97 Å². The first-order chi connectivity index (χ1) is 10.8. The highest BCUT2D eigenvalue weighted by Crippen LogP contribution is 2.30. The molecule has 124 valence electrons. The molecule has 0 atom stereocenters. The minimum atomic E-state index is -0.290. The number of carbonyl (C=O) groups is 1. The zero-order valence-corrected chi connectivity index (χ0v) is 15.6. The van der Waals surface area contributed by atoms with Crippen molar-refractivity contribution in [3.63, 3.8) is 0 Å². The first-order valence-electron chi connectivity index (χ1n) is 7.67. The molecule has 2 aromatic rings. The van der Waals surface area contributed by atoms with Crippen LogP contribution in [0, 0.1) is 12.3 Å². The van der Waals surface area contributed by atoms with Gasteiger partial charge in [-0.3, -0.25) is 0 Å². The molecule has 1 heterocycles. The third kappa shape index (κ3) is 5.33. The second-order valence-electron chi connectivity index (χ2n) is 6.74. The Balaban J connectivity index is 2.02. The van der Waals surface area contributed by atoms with Gasteiger partial charge in [0.15, 0.2) is 0 Å². The highest BCUT2D eigenvalue weighted by atomic mass is 35.5. The SMILES string of the molecule is Cc1nc(-c2cccc(Cl)c2)sc1C(=O)OCCCC(C)(C)C. The number of thiazole rings is 1. The number of hydrogen-bond donors (Lipinski definition) is 0. The molecule has 0 radical (unpaired) electrons. The fourth-order valence-electron chi connectivity index (χ4n) is 2.16. The summed E-state index contributed by atoms with van der Waals surface area (Å²) in [6.07, 6.45) is 1.89. The van der Waals surface area contributed by atoms with Crippen LogP contribution < -0.4 is 0 Å². The van der Waals surface area contributed by atoms with Crippen LogP contribution in [0.15, 0.2) is 24.3 Å². The molecule has 1 aromatic carbocycles. The Hall–Kier alpha value is -1.39. The van der Waals surface area contributed by atoms with Crippen LogP contribution in [0.5, 0.6) is 0 Å². The number of esters is 1. The van der Waals surface area contributed by atoms with E-state index in [9.17, 15) is 4.79 Å². The van der Waals surface area contributed by atoms with E-state index < -0.39 is 0 Å². The van der Waals surface area contributed by atoms with Crippen molar-refractivity contribution >= 4 is 28.9 Å². The molecule has 0 aliphatic carbocycles. The van der Waals surface area contributed by atoms with E-state index in [1.807, 2.05) is 31.2 Å². The molecule has 23 heavy (non-hydrogen) atoms. The highest BCUT2D eigenvalue weighted by Gasteiger charge is 2.18. The molecule has 0 spiro atoms. The molecule has 0 saturated heterocycles. The molecular weight excluding hydrogens is 330 g/mol. The third-order valence-corrected chi connectivity index (χ3v) is 4.78. The van der Waals surface area contributed by atoms with Gasteiger partial charge in [0, 0.05) is 10.6 Å². The van der Waals surface area contributed by atoms with E-state index in [4.69, 9.17) is 16.3 Å². The number of halogens is 1. The fraction of sp³-hybridized carbons (Fsp3) is 0.444. The summed E-state index contributed by atoms with van der Waals surface area (Å²) in [7, 11) is 0. The van der Waals surface area contributed by atoms with Gasteiger partial charge in [-0.2, -0.15) is 0 Å². The van der Waals surface area contributed by atoms with Gasteiger partial charge < -0.3 is 4.74 Å². The summed E-state index contributed by atoms with van der Waals surface area (Å²) in [5.41, 5.74) is 1.87. The summed E-state index contributed by atoms with van der Waals surface area (Å²) in [5.74, 6) is -0.290. The van der Waals surface area contributed by atoms with Gasteiger partial charge in [0.25, 0.3) is 0 Å². The Morgan fingerprint density at radius 3 is 2.74 bits per heavy atom. The van der Waals surface area contributed by atoms with E-state index in [2.05, 4.69) is 25.8 Å². The molecule has 5 heteroatoms. The van der Waals surface area contributed by atoms with Crippen molar-refractivity contribution in [3.8, 4) is 10.6 Å². The Bertz CT molecular complexity index is 689. The average Bonchev–Trinajstić information content (AvgIpc) is 2.84. The van der Waals surface area contributed by atoms with Crippen LogP contribution in [0.3, 0.4) is 0 Å². The molecule has 0 N–H and O–H groups in total. The van der Waals surface area contributed by atoms with E-state index in [0.29, 0.717) is 22.2 Å². The summed E-state index contributed by atoms with van der Waals surface area (Å²) >= 11 is 7.36. The lowest BCUT2D eigenvalue weighted by atomic mass is 9.91. The van der Waals surface area contributed by atoms with Crippen LogP contribution in [-0.4, -0.2) is 17.6 Å². The van der Waals surface area contributed by atoms with Gasteiger partial charge in [-0.25, -0.2) is 9.78 Å². The third-order valence-electron chi connectivity index (χ3n) is 3.36.